The van der Waals surface area contributed by atoms with E-state index in [1.165, 1.54) is 64.2 Å². The normalized spacial score (nSPS) is 10.9. The molecule has 0 amide bonds. The molecule has 0 radical (unpaired) electrons. The molecule has 0 aliphatic heterocycles. The molecular formula is C15H30. The second-order valence-corrected chi connectivity index (χ2v) is 4.69. The number of hydrogen-bond acceptors (Lipinski definition) is 0. The summed E-state index contributed by atoms with van der Waals surface area (Å²) in [5.41, 5.74) is 0. The fourth-order valence-electron chi connectivity index (χ4n) is 2.05. The van der Waals surface area contributed by atoms with Gasteiger partial charge in [0.1, 0.15) is 0 Å². The molecule has 0 spiro atoms. The molecule has 0 heterocycles. The largest absolute Gasteiger partial charge is 0.103 e. The third kappa shape index (κ3) is 10.0. The van der Waals surface area contributed by atoms with Gasteiger partial charge in [-0.1, -0.05) is 71.3 Å². The van der Waals surface area contributed by atoms with Crippen LogP contribution in [0, 0.1) is 5.92 Å². The summed E-state index contributed by atoms with van der Waals surface area (Å²) >= 11 is 0. The Balaban J connectivity index is 3.34. The zero-order valence-corrected chi connectivity index (χ0v) is 10.9. The van der Waals surface area contributed by atoms with Crippen LogP contribution >= 0.6 is 0 Å². The first-order valence-electron chi connectivity index (χ1n) is 6.97. The Bertz CT molecular complexity index is 114. The fraction of sp³-hybridized carbons (Fsp3) is 0.867. The SMILES string of the molecule is C=CC(CCCCCC)CCCCCC. The van der Waals surface area contributed by atoms with Crippen LogP contribution in [0.15, 0.2) is 12.7 Å². The minimum Gasteiger partial charge on any atom is -0.103 e. The van der Waals surface area contributed by atoms with Crippen LogP contribution in [0.1, 0.15) is 78.1 Å². The summed E-state index contributed by atoms with van der Waals surface area (Å²) < 4.78 is 0. The summed E-state index contributed by atoms with van der Waals surface area (Å²) in [4.78, 5) is 0. The van der Waals surface area contributed by atoms with E-state index in [1.54, 1.807) is 0 Å². The Hall–Kier alpha value is -0.260. The van der Waals surface area contributed by atoms with E-state index in [0.717, 1.165) is 5.92 Å². The maximum Gasteiger partial charge on any atom is -0.0236 e. The topological polar surface area (TPSA) is 0 Å². The van der Waals surface area contributed by atoms with Gasteiger partial charge in [0.2, 0.25) is 0 Å². The van der Waals surface area contributed by atoms with Gasteiger partial charge in [0.15, 0.2) is 0 Å². The maximum atomic E-state index is 3.96. The van der Waals surface area contributed by atoms with Crippen molar-refractivity contribution in [1.82, 2.24) is 0 Å². The molecule has 0 heteroatoms. The number of hydrogen-bond donors (Lipinski definition) is 0. The average Bonchev–Trinajstić information content (AvgIpc) is 2.27. The van der Waals surface area contributed by atoms with Crippen LogP contribution in [-0.2, 0) is 0 Å². The highest BCUT2D eigenvalue weighted by molar-refractivity contribution is 4.78. The van der Waals surface area contributed by atoms with E-state index in [1.807, 2.05) is 0 Å². The first kappa shape index (κ1) is 14.7. The molecule has 0 saturated heterocycles. The molecule has 0 N–H and O–H groups in total. The minimum atomic E-state index is 0.790. The Morgan fingerprint density at radius 3 is 1.60 bits per heavy atom. The van der Waals surface area contributed by atoms with Gasteiger partial charge < -0.3 is 0 Å². The molecule has 0 atom stereocenters. The molecule has 0 aliphatic rings. The lowest BCUT2D eigenvalue weighted by Crippen LogP contribution is -1.96. The highest BCUT2D eigenvalue weighted by atomic mass is 14.1. The molecule has 0 aliphatic carbocycles. The van der Waals surface area contributed by atoms with E-state index < -0.39 is 0 Å². The molecule has 0 aromatic carbocycles. The third-order valence-electron chi connectivity index (χ3n) is 3.19. The number of unbranched alkanes of at least 4 members (excludes halogenated alkanes) is 6. The maximum absolute atomic E-state index is 3.96. The van der Waals surface area contributed by atoms with Crippen LogP contribution < -0.4 is 0 Å². The van der Waals surface area contributed by atoms with Gasteiger partial charge in [0.05, 0.1) is 0 Å². The highest BCUT2D eigenvalue weighted by Gasteiger charge is 2.03. The fourth-order valence-corrected chi connectivity index (χ4v) is 2.05. The van der Waals surface area contributed by atoms with Gasteiger partial charge in [-0.25, -0.2) is 0 Å². The Morgan fingerprint density at radius 1 is 0.800 bits per heavy atom. The van der Waals surface area contributed by atoms with Gasteiger partial charge in [-0.15, -0.1) is 6.58 Å². The van der Waals surface area contributed by atoms with Gasteiger partial charge >= 0.3 is 0 Å². The molecule has 0 saturated carbocycles. The van der Waals surface area contributed by atoms with Crippen molar-refractivity contribution in [2.24, 2.45) is 5.92 Å². The highest BCUT2D eigenvalue weighted by Crippen LogP contribution is 2.18. The smallest absolute Gasteiger partial charge is 0.0236 e. The van der Waals surface area contributed by atoms with Crippen molar-refractivity contribution < 1.29 is 0 Å². The standard InChI is InChI=1S/C15H30/c1-4-7-9-11-13-15(6-3)14-12-10-8-5-2/h6,15H,3-5,7-14H2,1-2H3. The van der Waals surface area contributed by atoms with E-state index in [0.29, 0.717) is 0 Å². The number of allylic oxidation sites excluding steroid dienone is 1. The van der Waals surface area contributed by atoms with Gasteiger partial charge in [-0.2, -0.15) is 0 Å². The lowest BCUT2D eigenvalue weighted by Gasteiger charge is -2.11. The first-order valence-corrected chi connectivity index (χ1v) is 6.97. The average molecular weight is 210 g/mol. The summed E-state index contributed by atoms with van der Waals surface area (Å²) in [6, 6.07) is 0. The van der Waals surface area contributed by atoms with Crippen LogP contribution in [0.5, 0.6) is 0 Å². The molecule has 0 rings (SSSR count). The van der Waals surface area contributed by atoms with Crippen LogP contribution in [0.25, 0.3) is 0 Å². The Labute approximate surface area is 97.2 Å². The van der Waals surface area contributed by atoms with Crippen molar-refractivity contribution in [2.75, 3.05) is 0 Å². The molecular weight excluding hydrogens is 180 g/mol. The molecule has 90 valence electrons. The van der Waals surface area contributed by atoms with E-state index in [2.05, 4.69) is 26.5 Å². The lowest BCUT2D eigenvalue weighted by atomic mass is 9.95. The monoisotopic (exact) mass is 210 g/mol. The van der Waals surface area contributed by atoms with Crippen LogP contribution in [0.2, 0.25) is 0 Å². The van der Waals surface area contributed by atoms with Gasteiger partial charge in [0, 0.05) is 0 Å². The minimum absolute atomic E-state index is 0.790. The zero-order chi connectivity index (χ0) is 11.4. The Morgan fingerprint density at radius 2 is 1.27 bits per heavy atom. The van der Waals surface area contributed by atoms with Crippen LogP contribution in [0.3, 0.4) is 0 Å². The van der Waals surface area contributed by atoms with Crippen molar-refractivity contribution >= 4 is 0 Å². The predicted octanol–water partition coefficient (Wildman–Crippen LogP) is 5.73. The summed E-state index contributed by atoms with van der Waals surface area (Å²) in [6.07, 6.45) is 16.0. The van der Waals surface area contributed by atoms with Crippen molar-refractivity contribution in [3.05, 3.63) is 12.7 Å². The quantitative estimate of drug-likeness (QED) is 0.302. The van der Waals surface area contributed by atoms with Crippen molar-refractivity contribution in [3.63, 3.8) is 0 Å². The first-order chi connectivity index (χ1) is 7.35. The number of rotatable bonds is 11. The van der Waals surface area contributed by atoms with Crippen molar-refractivity contribution in [2.45, 2.75) is 78.1 Å². The predicted molar refractivity (Wildman–Crippen MR) is 71.2 cm³/mol. The van der Waals surface area contributed by atoms with Crippen LogP contribution in [0.4, 0.5) is 0 Å². The third-order valence-corrected chi connectivity index (χ3v) is 3.19. The summed E-state index contributed by atoms with van der Waals surface area (Å²) in [5.74, 6) is 0.790. The molecule has 0 aromatic rings. The second-order valence-electron chi connectivity index (χ2n) is 4.69. The van der Waals surface area contributed by atoms with E-state index in [9.17, 15) is 0 Å². The van der Waals surface area contributed by atoms with Gasteiger partial charge in [-0.05, 0) is 18.8 Å². The molecule has 0 bridgehead atoms. The van der Waals surface area contributed by atoms with E-state index in [4.69, 9.17) is 0 Å². The molecule has 0 fully saturated rings. The van der Waals surface area contributed by atoms with E-state index >= 15 is 0 Å². The Kier molecular flexibility index (Phi) is 11.6. The van der Waals surface area contributed by atoms with Crippen molar-refractivity contribution in [3.8, 4) is 0 Å². The molecule has 0 nitrogen and oxygen atoms in total. The van der Waals surface area contributed by atoms with E-state index in [-0.39, 0.29) is 0 Å². The van der Waals surface area contributed by atoms with Gasteiger partial charge in [0.25, 0.3) is 0 Å². The summed E-state index contributed by atoms with van der Waals surface area (Å²) in [7, 11) is 0. The lowest BCUT2D eigenvalue weighted by molar-refractivity contribution is 0.473. The zero-order valence-electron chi connectivity index (χ0n) is 10.9. The molecule has 0 aromatic heterocycles. The molecule has 0 unspecified atom stereocenters. The molecule has 15 heavy (non-hydrogen) atoms. The van der Waals surface area contributed by atoms with Crippen LogP contribution in [-0.4, -0.2) is 0 Å². The summed E-state index contributed by atoms with van der Waals surface area (Å²) in [6.45, 7) is 8.51. The second kappa shape index (κ2) is 11.8. The van der Waals surface area contributed by atoms with Crippen molar-refractivity contribution in [1.29, 1.82) is 0 Å². The van der Waals surface area contributed by atoms with Gasteiger partial charge in [-0.3, -0.25) is 0 Å². The summed E-state index contributed by atoms with van der Waals surface area (Å²) in [5, 5.41) is 0.